The molecule has 0 saturated carbocycles. The first-order valence-electron chi connectivity index (χ1n) is 7.32. The average Bonchev–Trinajstić information content (AvgIpc) is 2.46. The lowest BCUT2D eigenvalue weighted by Gasteiger charge is -2.11. The maximum atomic E-state index is 7.62. The minimum absolute atomic E-state index is 0.0181. The van der Waals surface area contributed by atoms with E-state index in [2.05, 4.69) is 19.1 Å². The molecular weight excluding hydrogens is 260 g/mol. The van der Waals surface area contributed by atoms with E-state index in [1.165, 1.54) is 18.4 Å². The lowest BCUT2D eigenvalue weighted by Crippen LogP contribution is -2.12. The normalized spacial score (nSPS) is 10.4. The van der Waals surface area contributed by atoms with Gasteiger partial charge in [0.1, 0.15) is 17.3 Å². The van der Waals surface area contributed by atoms with Crippen molar-refractivity contribution in [2.24, 2.45) is 5.73 Å². The van der Waals surface area contributed by atoms with Gasteiger partial charge in [0.2, 0.25) is 0 Å². The maximum Gasteiger partial charge on any atom is 0.138 e. The number of hydrogen-bond acceptors (Lipinski definition) is 2. The number of ether oxygens (including phenoxy) is 1. The number of unbranched alkanes of at least 4 members (excludes halogenated alkanes) is 1. The molecule has 0 aliphatic rings. The predicted molar refractivity (Wildman–Crippen MR) is 87.3 cm³/mol. The number of rotatable bonds is 6. The number of nitrogens with one attached hydrogen (secondary N) is 1. The van der Waals surface area contributed by atoms with Crippen molar-refractivity contribution in [3.63, 3.8) is 0 Å². The molecule has 2 aromatic rings. The molecule has 0 saturated heterocycles. The van der Waals surface area contributed by atoms with Crippen LogP contribution in [-0.4, -0.2) is 5.84 Å². The van der Waals surface area contributed by atoms with Crippen LogP contribution in [0.5, 0.6) is 11.5 Å². The van der Waals surface area contributed by atoms with Crippen LogP contribution in [0.1, 0.15) is 36.5 Å². The summed E-state index contributed by atoms with van der Waals surface area (Å²) in [5.74, 6) is 1.41. The highest BCUT2D eigenvalue weighted by Gasteiger charge is 2.08. The SMILES string of the molecule is CCCCc1ccc(Oc2cc(C)ccc2C(=N)N)cc1. The van der Waals surface area contributed by atoms with Crippen molar-refractivity contribution in [2.75, 3.05) is 0 Å². The van der Waals surface area contributed by atoms with Gasteiger partial charge in [-0.15, -0.1) is 0 Å². The zero-order valence-corrected chi connectivity index (χ0v) is 12.6. The van der Waals surface area contributed by atoms with Gasteiger partial charge in [-0.3, -0.25) is 5.41 Å². The minimum atomic E-state index is 0.0181. The number of aryl methyl sites for hydroxylation is 2. The van der Waals surface area contributed by atoms with Gasteiger partial charge in [-0.25, -0.2) is 0 Å². The monoisotopic (exact) mass is 282 g/mol. The number of amidine groups is 1. The fraction of sp³-hybridized carbons (Fsp3) is 0.278. The molecule has 2 rings (SSSR count). The Labute approximate surface area is 126 Å². The molecule has 3 nitrogen and oxygen atoms in total. The number of hydrogen-bond donors (Lipinski definition) is 2. The summed E-state index contributed by atoms with van der Waals surface area (Å²) >= 11 is 0. The molecule has 3 heteroatoms. The molecule has 110 valence electrons. The van der Waals surface area contributed by atoms with Crippen molar-refractivity contribution in [1.82, 2.24) is 0 Å². The Morgan fingerprint density at radius 1 is 1.14 bits per heavy atom. The van der Waals surface area contributed by atoms with E-state index >= 15 is 0 Å². The van der Waals surface area contributed by atoms with Crippen molar-refractivity contribution >= 4 is 5.84 Å². The highest BCUT2D eigenvalue weighted by Crippen LogP contribution is 2.26. The second-order valence-corrected chi connectivity index (χ2v) is 5.26. The first kappa shape index (κ1) is 15.1. The summed E-state index contributed by atoms with van der Waals surface area (Å²) in [4.78, 5) is 0. The standard InChI is InChI=1S/C18H22N2O/c1-3-4-5-14-7-9-15(10-8-14)21-17-12-13(2)6-11-16(17)18(19)20/h6-12H,3-5H2,1-2H3,(H3,19,20). The Kier molecular flexibility index (Phi) is 4.99. The van der Waals surface area contributed by atoms with Gasteiger partial charge in [-0.05, 0) is 55.2 Å². The van der Waals surface area contributed by atoms with E-state index in [9.17, 15) is 0 Å². The van der Waals surface area contributed by atoms with Crippen molar-refractivity contribution in [2.45, 2.75) is 33.1 Å². The predicted octanol–water partition coefficient (Wildman–Crippen LogP) is 4.41. The number of nitrogens with two attached hydrogens (primary N) is 1. The van der Waals surface area contributed by atoms with E-state index in [1.54, 1.807) is 0 Å². The second-order valence-electron chi connectivity index (χ2n) is 5.26. The fourth-order valence-corrected chi connectivity index (χ4v) is 2.17. The molecule has 0 aliphatic carbocycles. The summed E-state index contributed by atoms with van der Waals surface area (Å²) in [5, 5.41) is 7.62. The van der Waals surface area contributed by atoms with Gasteiger partial charge >= 0.3 is 0 Å². The van der Waals surface area contributed by atoms with Crippen LogP contribution in [0.25, 0.3) is 0 Å². The van der Waals surface area contributed by atoms with E-state index < -0.39 is 0 Å². The lowest BCUT2D eigenvalue weighted by molar-refractivity contribution is 0.481. The van der Waals surface area contributed by atoms with Crippen LogP contribution in [0.2, 0.25) is 0 Å². The van der Waals surface area contributed by atoms with Gasteiger partial charge in [0.05, 0.1) is 5.56 Å². The zero-order chi connectivity index (χ0) is 15.2. The lowest BCUT2D eigenvalue weighted by atomic mass is 10.1. The van der Waals surface area contributed by atoms with E-state index in [0.717, 1.165) is 17.7 Å². The van der Waals surface area contributed by atoms with E-state index in [0.29, 0.717) is 11.3 Å². The van der Waals surface area contributed by atoms with Gasteiger partial charge in [-0.2, -0.15) is 0 Å². The zero-order valence-electron chi connectivity index (χ0n) is 12.6. The van der Waals surface area contributed by atoms with Gasteiger partial charge in [0.15, 0.2) is 0 Å². The Hall–Kier alpha value is -2.29. The third kappa shape index (κ3) is 4.09. The molecule has 0 amide bonds. The van der Waals surface area contributed by atoms with Crippen LogP contribution in [0.4, 0.5) is 0 Å². The summed E-state index contributed by atoms with van der Waals surface area (Å²) in [5.41, 5.74) is 8.62. The largest absolute Gasteiger partial charge is 0.457 e. The second kappa shape index (κ2) is 6.93. The Morgan fingerprint density at radius 2 is 1.86 bits per heavy atom. The van der Waals surface area contributed by atoms with Crippen molar-refractivity contribution in [1.29, 1.82) is 5.41 Å². The molecule has 0 radical (unpaired) electrons. The number of nitrogen functional groups attached to an aromatic ring is 1. The molecule has 0 fully saturated rings. The molecule has 0 heterocycles. The van der Waals surface area contributed by atoms with Crippen molar-refractivity contribution in [3.8, 4) is 11.5 Å². The van der Waals surface area contributed by atoms with Gasteiger partial charge in [0.25, 0.3) is 0 Å². The third-order valence-corrected chi connectivity index (χ3v) is 3.40. The average molecular weight is 282 g/mol. The molecule has 0 spiro atoms. The maximum absolute atomic E-state index is 7.62. The Bertz CT molecular complexity index is 618. The van der Waals surface area contributed by atoms with E-state index in [4.69, 9.17) is 15.9 Å². The molecule has 0 aliphatic heterocycles. The summed E-state index contributed by atoms with van der Waals surface area (Å²) in [6.45, 7) is 4.18. The van der Waals surface area contributed by atoms with Crippen molar-refractivity contribution in [3.05, 3.63) is 59.2 Å². The van der Waals surface area contributed by atoms with Gasteiger partial charge < -0.3 is 10.5 Å². The van der Waals surface area contributed by atoms with Crippen LogP contribution >= 0.6 is 0 Å². The van der Waals surface area contributed by atoms with Crippen LogP contribution in [-0.2, 0) is 6.42 Å². The van der Waals surface area contributed by atoms with Crippen LogP contribution in [0.3, 0.4) is 0 Å². The summed E-state index contributed by atoms with van der Waals surface area (Å²) in [6.07, 6.45) is 3.50. The van der Waals surface area contributed by atoms with Crippen LogP contribution < -0.4 is 10.5 Å². The molecule has 0 bridgehead atoms. The molecular formula is C18H22N2O. The topological polar surface area (TPSA) is 59.1 Å². The molecule has 3 N–H and O–H groups in total. The van der Waals surface area contributed by atoms with E-state index in [1.807, 2.05) is 37.3 Å². The molecule has 21 heavy (non-hydrogen) atoms. The first-order valence-corrected chi connectivity index (χ1v) is 7.32. The quantitative estimate of drug-likeness (QED) is 0.609. The summed E-state index contributed by atoms with van der Waals surface area (Å²) in [6, 6.07) is 13.8. The first-order chi connectivity index (χ1) is 10.1. The highest BCUT2D eigenvalue weighted by atomic mass is 16.5. The Morgan fingerprint density at radius 3 is 2.48 bits per heavy atom. The molecule has 0 unspecified atom stereocenters. The molecule has 0 atom stereocenters. The Balaban J connectivity index is 2.18. The van der Waals surface area contributed by atoms with Crippen LogP contribution in [0, 0.1) is 12.3 Å². The van der Waals surface area contributed by atoms with Crippen LogP contribution in [0.15, 0.2) is 42.5 Å². The van der Waals surface area contributed by atoms with Gasteiger partial charge in [-0.1, -0.05) is 31.5 Å². The number of benzene rings is 2. The highest BCUT2D eigenvalue weighted by molar-refractivity contribution is 5.97. The fourth-order valence-electron chi connectivity index (χ4n) is 2.17. The summed E-state index contributed by atoms with van der Waals surface area (Å²) < 4.78 is 5.89. The third-order valence-electron chi connectivity index (χ3n) is 3.40. The van der Waals surface area contributed by atoms with E-state index in [-0.39, 0.29) is 5.84 Å². The summed E-state index contributed by atoms with van der Waals surface area (Å²) in [7, 11) is 0. The smallest absolute Gasteiger partial charge is 0.138 e. The molecule has 0 aromatic heterocycles. The minimum Gasteiger partial charge on any atom is -0.457 e. The molecule has 2 aromatic carbocycles. The van der Waals surface area contributed by atoms with Crippen molar-refractivity contribution < 1.29 is 4.74 Å². The van der Waals surface area contributed by atoms with Gasteiger partial charge in [0, 0.05) is 0 Å².